The Kier molecular flexibility index (Phi) is 5.47. The van der Waals surface area contributed by atoms with Crippen LogP contribution in [0.3, 0.4) is 0 Å². The van der Waals surface area contributed by atoms with Crippen LogP contribution < -0.4 is 5.73 Å². The van der Waals surface area contributed by atoms with E-state index in [0.29, 0.717) is 11.1 Å². The van der Waals surface area contributed by atoms with Gasteiger partial charge in [0.1, 0.15) is 10.8 Å². The zero-order valence-electron chi connectivity index (χ0n) is 11.2. The van der Waals surface area contributed by atoms with Gasteiger partial charge in [-0.2, -0.15) is 13.2 Å². The van der Waals surface area contributed by atoms with E-state index < -0.39 is 18.5 Å². The Labute approximate surface area is 120 Å². The van der Waals surface area contributed by atoms with Gasteiger partial charge in [0, 0.05) is 18.2 Å². The number of nitrogens with zero attached hydrogens (tertiary/aromatic N) is 1. The molecule has 20 heavy (non-hydrogen) atoms. The van der Waals surface area contributed by atoms with Crippen molar-refractivity contribution >= 4 is 17.2 Å². The molecule has 112 valence electrons. The third kappa shape index (κ3) is 5.42. The van der Waals surface area contributed by atoms with Crippen molar-refractivity contribution in [1.82, 2.24) is 4.90 Å². The summed E-state index contributed by atoms with van der Waals surface area (Å²) in [6.45, 7) is 2.23. The third-order valence-corrected chi connectivity index (χ3v) is 2.98. The van der Waals surface area contributed by atoms with Crippen LogP contribution >= 0.6 is 12.2 Å². The molecule has 0 radical (unpaired) electrons. The van der Waals surface area contributed by atoms with E-state index in [0.717, 1.165) is 6.07 Å². The summed E-state index contributed by atoms with van der Waals surface area (Å²) in [6, 6.07) is 3.54. The first-order valence-electron chi connectivity index (χ1n) is 5.98. The fraction of sp³-hybridized carbons (Fsp3) is 0.462. The van der Waals surface area contributed by atoms with Gasteiger partial charge in [-0.05, 0) is 37.6 Å². The van der Waals surface area contributed by atoms with Crippen molar-refractivity contribution in [1.29, 1.82) is 0 Å². The van der Waals surface area contributed by atoms with E-state index in [1.54, 1.807) is 13.8 Å². The summed E-state index contributed by atoms with van der Waals surface area (Å²) in [4.78, 5) is 1.22. The van der Waals surface area contributed by atoms with Gasteiger partial charge in [0.2, 0.25) is 0 Å². The monoisotopic (exact) mass is 308 g/mol. The maximum Gasteiger partial charge on any atom is 0.401 e. The van der Waals surface area contributed by atoms with E-state index in [2.05, 4.69) is 0 Å². The predicted molar refractivity (Wildman–Crippen MR) is 73.9 cm³/mol. The van der Waals surface area contributed by atoms with Gasteiger partial charge in [-0.1, -0.05) is 12.2 Å². The lowest BCUT2D eigenvalue weighted by Crippen LogP contribution is -2.38. The molecule has 0 aliphatic carbocycles. The van der Waals surface area contributed by atoms with Gasteiger partial charge in [-0.15, -0.1) is 0 Å². The van der Waals surface area contributed by atoms with Gasteiger partial charge in [0.25, 0.3) is 0 Å². The number of hydrogen-bond donors (Lipinski definition) is 1. The number of halogens is 4. The molecule has 0 heterocycles. The predicted octanol–water partition coefficient (Wildman–Crippen LogP) is 3.23. The van der Waals surface area contributed by atoms with E-state index in [1.807, 2.05) is 0 Å². The fourth-order valence-electron chi connectivity index (χ4n) is 1.77. The normalized spacial score (nSPS) is 12.2. The summed E-state index contributed by atoms with van der Waals surface area (Å²) in [7, 11) is 0. The molecule has 0 unspecified atom stereocenters. The minimum atomic E-state index is -4.30. The second-order valence-corrected chi connectivity index (χ2v) is 5.27. The van der Waals surface area contributed by atoms with Crippen molar-refractivity contribution in [3.63, 3.8) is 0 Å². The molecule has 0 aliphatic rings. The van der Waals surface area contributed by atoms with Crippen LogP contribution in [-0.4, -0.2) is 28.7 Å². The quantitative estimate of drug-likeness (QED) is 0.669. The zero-order chi connectivity index (χ0) is 15.5. The van der Waals surface area contributed by atoms with Crippen LogP contribution in [0.4, 0.5) is 17.6 Å². The summed E-state index contributed by atoms with van der Waals surface area (Å²) in [5.74, 6) is -0.569. The first-order chi connectivity index (χ1) is 9.08. The summed E-state index contributed by atoms with van der Waals surface area (Å²) in [6.07, 6.45) is -4.30. The van der Waals surface area contributed by atoms with Crippen LogP contribution in [0.15, 0.2) is 18.2 Å². The summed E-state index contributed by atoms with van der Waals surface area (Å²) < 4.78 is 50.9. The van der Waals surface area contributed by atoms with Crippen LogP contribution in [0.5, 0.6) is 0 Å². The van der Waals surface area contributed by atoms with Crippen LogP contribution in [0.2, 0.25) is 0 Å². The van der Waals surface area contributed by atoms with Crippen molar-refractivity contribution in [3.8, 4) is 0 Å². The van der Waals surface area contributed by atoms with Crippen molar-refractivity contribution in [3.05, 3.63) is 35.1 Å². The van der Waals surface area contributed by atoms with Crippen LogP contribution in [0.25, 0.3) is 0 Å². The zero-order valence-corrected chi connectivity index (χ0v) is 12.0. The molecule has 2 N–H and O–H groups in total. The first-order valence-corrected chi connectivity index (χ1v) is 6.39. The molecule has 1 rings (SSSR count). The van der Waals surface area contributed by atoms with Crippen molar-refractivity contribution < 1.29 is 17.6 Å². The van der Waals surface area contributed by atoms with Crippen LogP contribution in [0, 0.1) is 5.82 Å². The van der Waals surface area contributed by atoms with Crippen molar-refractivity contribution in [2.24, 2.45) is 5.73 Å². The van der Waals surface area contributed by atoms with E-state index in [1.165, 1.54) is 17.0 Å². The Morgan fingerprint density at radius 1 is 1.30 bits per heavy atom. The summed E-state index contributed by atoms with van der Waals surface area (Å²) in [5.41, 5.74) is 6.13. The molecule has 2 nitrogen and oxygen atoms in total. The summed E-state index contributed by atoms with van der Waals surface area (Å²) in [5, 5.41) is 0. The van der Waals surface area contributed by atoms with Gasteiger partial charge in [0.05, 0.1) is 6.54 Å². The second-order valence-electron chi connectivity index (χ2n) is 4.83. The molecular formula is C13H16F4N2S. The Bertz CT molecular complexity index is 486. The highest BCUT2D eigenvalue weighted by molar-refractivity contribution is 7.80. The SMILES string of the molecule is CC(C)N(Cc1cc(F)cc(C(N)=S)c1)CC(F)(F)F. The van der Waals surface area contributed by atoms with Crippen LogP contribution in [0.1, 0.15) is 25.0 Å². The molecule has 0 atom stereocenters. The Morgan fingerprint density at radius 2 is 1.90 bits per heavy atom. The van der Waals surface area contributed by atoms with Gasteiger partial charge in [-0.3, -0.25) is 4.90 Å². The number of hydrogen-bond acceptors (Lipinski definition) is 2. The fourth-order valence-corrected chi connectivity index (χ4v) is 1.89. The van der Waals surface area contributed by atoms with Crippen molar-refractivity contribution in [2.75, 3.05) is 6.54 Å². The number of thiocarbonyl (C=S) groups is 1. The van der Waals surface area contributed by atoms with E-state index in [4.69, 9.17) is 18.0 Å². The largest absolute Gasteiger partial charge is 0.401 e. The van der Waals surface area contributed by atoms with Gasteiger partial charge in [0.15, 0.2) is 0 Å². The molecule has 0 bridgehead atoms. The molecule has 1 aromatic carbocycles. The van der Waals surface area contributed by atoms with E-state index >= 15 is 0 Å². The smallest absolute Gasteiger partial charge is 0.389 e. The lowest BCUT2D eigenvalue weighted by atomic mass is 10.1. The maximum atomic E-state index is 13.4. The molecule has 0 saturated heterocycles. The van der Waals surface area contributed by atoms with E-state index in [-0.39, 0.29) is 17.6 Å². The number of nitrogens with two attached hydrogens (primary N) is 1. The van der Waals surface area contributed by atoms with Gasteiger partial charge >= 0.3 is 6.18 Å². The van der Waals surface area contributed by atoms with Crippen molar-refractivity contribution in [2.45, 2.75) is 32.6 Å². The average molecular weight is 308 g/mol. The molecule has 0 aromatic heterocycles. The second kappa shape index (κ2) is 6.49. The number of alkyl halides is 3. The molecule has 7 heteroatoms. The number of benzene rings is 1. The molecule has 0 saturated carbocycles. The molecule has 0 spiro atoms. The topological polar surface area (TPSA) is 29.3 Å². The van der Waals surface area contributed by atoms with Crippen LogP contribution in [-0.2, 0) is 6.54 Å². The Balaban J connectivity index is 2.96. The number of rotatable bonds is 5. The third-order valence-electron chi connectivity index (χ3n) is 2.74. The molecule has 0 aliphatic heterocycles. The Hall–Kier alpha value is -1.21. The standard InChI is InChI=1S/C13H16F4N2S/c1-8(2)19(7-13(15,16)17)6-9-3-10(12(18)20)5-11(14)4-9/h3-5,8H,6-7H2,1-2H3,(H2,18,20). The van der Waals surface area contributed by atoms with Gasteiger partial charge < -0.3 is 5.73 Å². The molecular weight excluding hydrogens is 292 g/mol. The molecule has 0 fully saturated rings. The van der Waals surface area contributed by atoms with E-state index in [9.17, 15) is 17.6 Å². The molecule has 1 aromatic rings. The minimum Gasteiger partial charge on any atom is -0.389 e. The molecule has 0 amide bonds. The first kappa shape index (κ1) is 16.8. The summed E-state index contributed by atoms with van der Waals surface area (Å²) >= 11 is 4.75. The highest BCUT2D eigenvalue weighted by Crippen LogP contribution is 2.20. The minimum absolute atomic E-state index is 0.0117. The highest BCUT2D eigenvalue weighted by Gasteiger charge is 2.31. The highest BCUT2D eigenvalue weighted by atomic mass is 32.1. The van der Waals surface area contributed by atoms with Gasteiger partial charge in [-0.25, -0.2) is 4.39 Å². The average Bonchev–Trinajstić information content (AvgIpc) is 2.25. The lowest BCUT2D eigenvalue weighted by molar-refractivity contribution is -0.150. The Morgan fingerprint density at radius 3 is 2.35 bits per heavy atom. The lowest BCUT2D eigenvalue weighted by Gasteiger charge is -2.27. The maximum absolute atomic E-state index is 13.4.